The SMILES string of the molecule is Cc1cccc2sc(N(CCCn3ccnc3)C(=O)c3cc(Cl)sc3Cl)nc12. The summed E-state index contributed by atoms with van der Waals surface area (Å²) in [5.74, 6) is -0.185. The van der Waals surface area contributed by atoms with Crippen LogP contribution in [0.5, 0.6) is 0 Å². The monoisotopic (exact) mass is 450 g/mol. The molecule has 4 rings (SSSR count). The zero-order chi connectivity index (χ0) is 19.7. The van der Waals surface area contributed by atoms with Crippen LogP contribution in [-0.4, -0.2) is 27.0 Å². The lowest BCUT2D eigenvalue weighted by molar-refractivity contribution is 0.0987. The molecule has 0 saturated carbocycles. The highest BCUT2D eigenvalue weighted by Crippen LogP contribution is 2.35. The number of nitrogens with zero attached hydrogens (tertiary/aromatic N) is 4. The molecule has 0 radical (unpaired) electrons. The quantitative estimate of drug-likeness (QED) is 0.366. The Morgan fingerprint density at radius 1 is 1.29 bits per heavy atom. The molecule has 0 saturated heterocycles. The third kappa shape index (κ3) is 3.93. The number of hydrogen-bond acceptors (Lipinski definition) is 5. The standard InChI is InChI=1S/C19H16Cl2N4OS2/c1-12-4-2-5-14-16(12)23-19(27-14)25(8-3-7-24-9-6-22-11-24)18(26)13-10-15(20)28-17(13)21/h2,4-6,9-11H,3,7-8H2,1H3. The van der Waals surface area contributed by atoms with E-state index in [1.807, 2.05) is 35.9 Å². The number of anilines is 1. The summed E-state index contributed by atoms with van der Waals surface area (Å²) in [4.78, 5) is 23.8. The third-order valence-corrected chi connectivity index (χ3v) is 6.86. The lowest BCUT2D eigenvalue weighted by Gasteiger charge is -2.19. The van der Waals surface area contributed by atoms with Gasteiger partial charge in [-0.2, -0.15) is 0 Å². The van der Waals surface area contributed by atoms with Crippen LogP contribution in [0.2, 0.25) is 8.67 Å². The molecule has 9 heteroatoms. The number of benzene rings is 1. The molecule has 0 atom stereocenters. The van der Waals surface area contributed by atoms with E-state index in [1.54, 1.807) is 23.5 Å². The van der Waals surface area contributed by atoms with Crippen LogP contribution in [0.15, 0.2) is 43.0 Å². The number of amides is 1. The van der Waals surface area contributed by atoms with Gasteiger partial charge in [-0.1, -0.05) is 46.7 Å². The van der Waals surface area contributed by atoms with Crippen LogP contribution in [-0.2, 0) is 6.54 Å². The van der Waals surface area contributed by atoms with Crippen LogP contribution in [0, 0.1) is 6.92 Å². The summed E-state index contributed by atoms with van der Waals surface area (Å²) in [6, 6.07) is 7.66. The Kier molecular flexibility index (Phi) is 5.68. The number of halogens is 2. The molecule has 28 heavy (non-hydrogen) atoms. The summed E-state index contributed by atoms with van der Waals surface area (Å²) in [6.45, 7) is 3.29. The number of carbonyl (C=O) groups excluding carboxylic acids is 1. The molecule has 0 aliphatic rings. The molecule has 5 nitrogen and oxygen atoms in total. The van der Waals surface area contributed by atoms with Crippen molar-refractivity contribution in [2.45, 2.75) is 19.9 Å². The van der Waals surface area contributed by atoms with Crippen LogP contribution in [0.4, 0.5) is 5.13 Å². The molecular weight excluding hydrogens is 435 g/mol. The summed E-state index contributed by atoms with van der Waals surface area (Å²) < 4.78 is 3.93. The summed E-state index contributed by atoms with van der Waals surface area (Å²) in [5, 5.41) is 0.665. The first-order valence-electron chi connectivity index (χ1n) is 8.61. The minimum absolute atomic E-state index is 0.185. The molecule has 0 N–H and O–H groups in total. The van der Waals surface area contributed by atoms with Crippen LogP contribution in [0.3, 0.4) is 0 Å². The van der Waals surface area contributed by atoms with Gasteiger partial charge in [0.15, 0.2) is 5.13 Å². The Balaban J connectivity index is 1.66. The van der Waals surface area contributed by atoms with Gasteiger partial charge in [-0.25, -0.2) is 9.97 Å². The van der Waals surface area contributed by atoms with Gasteiger partial charge in [-0.15, -0.1) is 11.3 Å². The number of fused-ring (bicyclic) bond motifs is 1. The Hall–Kier alpha value is -1.93. The van der Waals surface area contributed by atoms with E-state index in [9.17, 15) is 4.79 Å². The van der Waals surface area contributed by atoms with Crippen LogP contribution >= 0.6 is 45.9 Å². The Bertz CT molecular complexity index is 1120. The molecule has 1 amide bonds. The van der Waals surface area contributed by atoms with E-state index >= 15 is 0 Å². The molecule has 0 spiro atoms. The summed E-state index contributed by atoms with van der Waals surface area (Å²) in [7, 11) is 0. The first kappa shape index (κ1) is 19.4. The van der Waals surface area contributed by atoms with Gasteiger partial charge in [0.1, 0.15) is 4.34 Å². The van der Waals surface area contributed by atoms with Crippen molar-refractivity contribution in [3.63, 3.8) is 0 Å². The van der Waals surface area contributed by atoms with Crippen molar-refractivity contribution in [1.29, 1.82) is 0 Å². The van der Waals surface area contributed by atoms with Gasteiger partial charge >= 0.3 is 0 Å². The molecule has 3 aromatic heterocycles. The highest BCUT2D eigenvalue weighted by molar-refractivity contribution is 7.22. The fraction of sp³-hybridized carbons (Fsp3) is 0.211. The van der Waals surface area contributed by atoms with Gasteiger partial charge in [-0.05, 0) is 31.0 Å². The van der Waals surface area contributed by atoms with E-state index in [1.165, 1.54) is 22.7 Å². The average molecular weight is 451 g/mol. The van der Waals surface area contributed by atoms with Crippen molar-refractivity contribution in [3.8, 4) is 0 Å². The molecule has 0 bridgehead atoms. The molecule has 144 valence electrons. The maximum absolute atomic E-state index is 13.3. The second kappa shape index (κ2) is 8.21. The van der Waals surface area contributed by atoms with Gasteiger partial charge in [0, 0.05) is 25.5 Å². The molecule has 4 aromatic rings. The fourth-order valence-corrected chi connectivity index (χ4v) is 5.45. The molecule has 0 unspecified atom stereocenters. The second-order valence-corrected chi connectivity index (χ2v) is 9.56. The van der Waals surface area contributed by atoms with Crippen molar-refractivity contribution in [2.75, 3.05) is 11.4 Å². The predicted molar refractivity (Wildman–Crippen MR) is 117 cm³/mol. The van der Waals surface area contributed by atoms with Crippen molar-refractivity contribution >= 4 is 67.1 Å². The van der Waals surface area contributed by atoms with Gasteiger partial charge in [0.05, 0.1) is 26.4 Å². The van der Waals surface area contributed by atoms with Crippen molar-refractivity contribution in [2.24, 2.45) is 0 Å². The van der Waals surface area contributed by atoms with Gasteiger partial charge in [0.25, 0.3) is 5.91 Å². The fourth-order valence-electron chi connectivity index (χ4n) is 2.94. The Labute approximate surface area is 180 Å². The number of aromatic nitrogens is 3. The number of para-hydroxylation sites is 1. The number of rotatable bonds is 6. The topological polar surface area (TPSA) is 51.0 Å². The number of carbonyl (C=O) groups is 1. The number of thiophene rings is 1. The number of thiazole rings is 1. The largest absolute Gasteiger partial charge is 0.337 e. The molecule has 3 heterocycles. The van der Waals surface area contributed by atoms with E-state index in [0.29, 0.717) is 25.9 Å². The number of hydrogen-bond donors (Lipinski definition) is 0. The van der Waals surface area contributed by atoms with Crippen LogP contribution < -0.4 is 4.90 Å². The molecule has 0 aliphatic heterocycles. The lowest BCUT2D eigenvalue weighted by Crippen LogP contribution is -2.32. The molecule has 1 aromatic carbocycles. The first-order valence-corrected chi connectivity index (χ1v) is 11.0. The Morgan fingerprint density at radius 3 is 2.82 bits per heavy atom. The lowest BCUT2D eigenvalue weighted by atomic mass is 10.2. The highest BCUT2D eigenvalue weighted by atomic mass is 35.5. The summed E-state index contributed by atoms with van der Waals surface area (Å²) in [6.07, 6.45) is 6.17. The van der Waals surface area contributed by atoms with Crippen LogP contribution in [0.25, 0.3) is 10.2 Å². The highest BCUT2D eigenvalue weighted by Gasteiger charge is 2.25. The first-order chi connectivity index (χ1) is 13.5. The van der Waals surface area contributed by atoms with Gasteiger partial charge < -0.3 is 4.57 Å². The molecular formula is C19H16Cl2N4OS2. The van der Waals surface area contributed by atoms with E-state index in [2.05, 4.69) is 4.98 Å². The Morgan fingerprint density at radius 2 is 2.14 bits per heavy atom. The number of aryl methyl sites for hydroxylation is 2. The van der Waals surface area contributed by atoms with E-state index in [4.69, 9.17) is 28.2 Å². The number of imidazole rings is 1. The van der Waals surface area contributed by atoms with E-state index in [-0.39, 0.29) is 5.91 Å². The molecule has 0 aliphatic carbocycles. The molecule has 0 fully saturated rings. The van der Waals surface area contributed by atoms with Crippen molar-refractivity contribution in [1.82, 2.24) is 14.5 Å². The smallest absolute Gasteiger partial charge is 0.262 e. The van der Waals surface area contributed by atoms with Crippen LogP contribution in [0.1, 0.15) is 22.3 Å². The average Bonchev–Trinajstić information content (AvgIpc) is 3.38. The minimum atomic E-state index is -0.185. The van der Waals surface area contributed by atoms with E-state index in [0.717, 1.165) is 28.7 Å². The van der Waals surface area contributed by atoms with Crippen molar-refractivity contribution < 1.29 is 4.79 Å². The predicted octanol–water partition coefficient (Wildman–Crippen LogP) is 5.91. The summed E-state index contributed by atoms with van der Waals surface area (Å²) in [5.41, 5.74) is 2.42. The van der Waals surface area contributed by atoms with Gasteiger partial charge in [0.2, 0.25) is 0 Å². The maximum Gasteiger partial charge on any atom is 0.262 e. The third-order valence-electron chi connectivity index (χ3n) is 4.33. The van der Waals surface area contributed by atoms with Gasteiger partial charge in [-0.3, -0.25) is 9.69 Å². The second-order valence-electron chi connectivity index (χ2n) is 6.27. The maximum atomic E-state index is 13.3. The minimum Gasteiger partial charge on any atom is -0.337 e. The van der Waals surface area contributed by atoms with Crippen molar-refractivity contribution in [3.05, 3.63) is 62.8 Å². The summed E-state index contributed by atoms with van der Waals surface area (Å²) >= 11 is 15.0. The van der Waals surface area contributed by atoms with E-state index < -0.39 is 0 Å². The zero-order valence-electron chi connectivity index (χ0n) is 14.9. The normalized spacial score (nSPS) is 11.2. The zero-order valence-corrected chi connectivity index (χ0v) is 18.1.